The highest BCUT2D eigenvalue weighted by Gasteiger charge is 2.28. The second-order valence-corrected chi connectivity index (χ2v) is 5.17. The lowest BCUT2D eigenvalue weighted by molar-refractivity contribution is -0.143. The summed E-state index contributed by atoms with van der Waals surface area (Å²) in [5.41, 5.74) is 0.762. The van der Waals surface area contributed by atoms with Crippen molar-refractivity contribution < 1.29 is 19.4 Å². The smallest absolute Gasteiger partial charge is 0.326 e. The van der Waals surface area contributed by atoms with Gasteiger partial charge in [0.05, 0.1) is 0 Å². The topological polar surface area (TPSA) is 75.6 Å². The first-order chi connectivity index (χ1) is 9.56. The summed E-state index contributed by atoms with van der Waals surface area (Å²) in [7, 11) is 0. The lowest BCUT2D eigenvalue weighted by Gasteiger charge is -2.17. The van der Waals surface area contributed by atoms with Gasteiger partial charge in [0.1, 0.15) is 12.1 Å². The quantitative estimate of drug-likeness (QED) is 0.866. The Hall–Kier alpha value is -1.59. The third-order valence-corrected chi connectivity index (χ3v) is 3.40. The van der Waals surface area contributed by atoms with Crippen LogP contribution in [0.5, 0.6) is 0 Å². The Morgan fingerprint density at radius 1 is 1.50 bits per heavy atom. The number of aliphatic carboxylic acids is 1. The monoisotopic (exact) mass is 297 g/mol. The lowest BCUT2D eigenvalue weighted by Crippen LogP contribution is -2.46. The number of rotatable bonds is 5. The molecule has 1 aromatic carbocycles. The third kappa shape index (κ3) is 3.95. The Morgan fingerprint density at radius 3 is 2.90 bits per heavy atom. The molecule has 2 atom stereocenters. The Kier molecular flexibility index (Phi) is 4.98. The highest BCUT2D eigenvalue weighted by atomic mass is 35.5. The van der Waals surface area contributed by atoms with Crippen molar-refractivity contribution in [3.8, 4) is 0 Å². The minimum absolute atomic E-state index is 0.189. The van der Waals surface area contributed by atoms with Crippen molar-refractivity contribution in [2.75, 3.05) is 6.61 Å². The molecule has 0 bridgehead atoms. The molecule has 0 spiro atoms. The van der Waals surface area contributed by atoms with Gasteiger partial charge in [-0.15, -0.1) is 0 Å². The second kappa shape index (κ2) is 6.72. The first-order valence-electron chi connectivity index (χ1n) is 6.45. The first-order valence-corrected chi connectivity index (χ1v) is 6.83. The van der Waals surface area contributed by atoms with Crippen molar-refractivity contribution in [1.29, 1.82) is 0 Å². The molecule has 1 fully saturated rings. The van der Waals surface area contributed by atoms with E-state index in [1.807, 2.05) is 0 Å². The molecule has 6 heteroatoms. The SMILES string of the molecule is O=C(O)[C@H](Cc1cccc(Cl)c1)NC(=O)[C@H]1CCCO1. The molecular weight excluding hydrogens is 282 g/mol. The van der Waals surface area contributed by atoms with Crippen LogP contribution in [-0.4, -0.2) is 35.7 Å². The number of hydrogen-bond acceptors (Lipinski definition) is 3. The van der Waals surface area contributed by atoms with E-state index in [0.29, 0.717) is 18.1 Å². The van der Waals surface area contributed by atoms with Crippen molar-refractivity contribution in [1.82, 2.24) is 5.32 Å². The van der Waals surface area contributed by atoms with E-state index in [0.717, 1.165) is 12.0 Å². The van der Waals surface area contributed by atoms with Crippen LogP contribution in [0.3, 0.4) is 0 Å². The Balaban J connectivity index is 2.00. The summed E-state index contributed by atoms with van der Waals surface area (Å²) in [4.78, 5) is 23.1. The van der Waals surface area contributed by atoms with Crippen LogP contribution in [0.2, 0.25) is 5.02 Å². The molecular formula is C14H16ClNO4. The Labute approximate surface area is 121 Å². The number of ether oxygens (including phenoxy) is 1. The van der Waals surface area contributed by atoms with Crippen LogP contribution in [0.1, 0.15) is 18.4 Å². The van der Waals surface area contributed by atoms with E-state index < -0.39 is 18.1 Å². The van der Waals surface area contributed by atoms with Crippen LogP contribution in [0.4, 0.5) is 0 Å². The molecule has 0 aromatic heterocycles. The van der Waals surface area contributed by atoms with Crippen LogP contribution < -0.4 is 5.32 Å². The molecule has 0 saturated carbocycles. The molecule has 108 valence electrons. The van der Waals surface area contributed by atoms with Crippen molar-refractivity contribution in [3.63, 3.8) is 0 Å². The summed E-state index contributed by atoms with van der Waals surface area (Å²) >= 11 is 5.86. The summed E-state index contributed by atoms with van der Waals surface area (Å²) < 4.78 is 5.24. The van der Waals surface area contributed by atoms with Crippen LogP contribution >= 0.6 is 11.6 Å². The average molecular weight is 298 g/mol. The molecule has 5 nitrogen and oxygen atoms in total. The van der Waals surface area contributed by atoms with Crippen molar-refractivity contribution in [2.24, 2.45) is 0 Å². The fourth-order valence-corrected chi connectivity index (χ4v) is 2.36. The van der Waals surface area contributed by atoms with E-state index in [2.05, 4.69) is 5.32 Å². The molecule has 0 radical (unpaired) electrons. The molecule has 1 aromatic rings. The number of halogens is 1. The maximum Gasteiger partial charge on any atom is 0.326 e. The predicted octanol–water partition coefficient (Wildman–Crippen LogP) is 1.63. The third-order valence-electron chi connectivity index (χ3n) is 3.17. The molecule has 0 aliphatic carbocycles. The van der Waals surface area contributed by atoms with Gasteiger partial charge >= 0.3 is 5.97 Å². The van der Waals surface area contributed by atoms with Crippen molar-refractivity contribution in [2.45, 2.75) is 31.4 Å². The molecule has 2 rings (SSSR count). The van der Waals surface area contributed by atoms with Crippen LogP contribution in [0.15, 0.2) is 24.3 Å². The normalized spacial score (nSPS) is 19.6. The number of carboxylic acids is 1. The zero-order chi connectivity index (χ0) is 14.5. The van der Waals surface area contributed by atoms with E-state index in [1.165, 1.54) is 0 Å². The molecule has 1 aliphatic heterocycles. The largest absolute Gasteiger partial charge is 0.480 e. The summed E-state index contributed by atoms with van der Waals surface area (Å²) in [5, 5.41) is 12.3. The number of benzene rings is 1. The van der Waals surface area contributed by atoms with Gasteiger partial charge in [-0.05, 0) is 30.5 Å². The summed E-state index contributed by atoms with van der Waals surface area (Å²) in [6.45, 7) is 0.546. The van der Waals surface area contributed by atoms with Crippen LogP contribution in [0.25, 0.3) is 0 Å². The van der Waals surface area contributed by atoms with Crippen LogP contribution in [-0.2, 0) is 20.7 Å². The van der Waals surface area contributed by atoms with E-state index in [-0.39, 0.29) is 12.3 Å². The predicted molar refractivity (Wildman–Crippen MR) is 73.7 cm³/mol. The Morgan fingerprint density at radius 2 is 2.30 bits per heavy atom. The van der Waals surface area contributed by atoms with E-state index in [4.69, 9.17) is 16.3 Å². The van der Waals surface area contributed by atoms with Gasteiger partial charge in [0.2, 0.25) is 5.91 Å². The molecule has 1 aliphatic rings. The van der Waals surface area contributed by atoms with Gasteiger partial charge in [0.25, 0.3) is 0 Å². The lowest BCUT2D eigenvalue weighted by atomic mass is 10.1. The molecule has 0 unspecified atom stereocenters. The fourth-order valence-electron chi connectivity index (χ4n) is 2.15. The van der Waals surface area contributed by atoms with Crippen molar-refractivity contribution >= 4 is 23.5 Å². The Bertz CT molecular complexity index is 500. The second-order valence-electron chi connectivity index (χ2n) is 4.74. The number of carbonyl (C=O) groups excluding carboxylic acids is 1. The number of carbonyl (C=O) groups is 2. The van der Waals surface area contributed by atoms with Crippen LogP contribution in [0, 0.1) is 0 Å². The number of carboxylic acid groups (broad SMARTS) is 1. The maximum absolute atomic E-state index is 11.9. The standard InChI is InChI=1S/C14H16ClNO4/c15-10-4-1-3-9(7-10)8-11(14(18)19)16-13(17)12-5-2-6-20-12/h1,3-4,7,11-12H,2,5-6,8H2,(H,16,17)(H,18,19)/t11-,12+/m0/s1. The number of nitrogens with one attached hydrogen (secondary N) is 1. The zero-order valence-electron chi connectivity index (χ0n) is 10.8. The number of hydrogen-bond donors (Lipinski definition) is 2. The highest BCUT2D eigenvalue weighted by Crippen LogP contribution is 2.14. The van der Waals surface area contributed by atoms with Gasteiger partial charge in [-0.1, -0.05) is 23.7 Å². The van der Waals surface area contributed by atoms with Gasteiger partial charge in [-0.2, -0.15) is 0 Å². The first kappa shape index (κ1) is 14.8. The van der Waals surface area contributed by atoms with E-state index in [1.54, 1.807) is 24.3 Å². The molecule has 1 heterocycles. The van der Waals surface area contributed by atoms with Gasteiger partial charge in [-0.25, -0.2) is 4.79 Å². The average Bonchev–Trinajstić information content (AvgIpc) is 2.91. The molecule has 1 amide bonds. The van der Waals surface area contributed by atoms with Gasteiger partial charge in [0, 0.05) is 18.1 Å². The number of amides is 1. The van der Waals surface area contributed by atoms with Gasteiger partial charge < -0.3 is 15.2 Å². The van der Waals surface area contributed by atoms with E-state index >= 15 is 0 Å². The summed E-state index contributed by atoms with van der Waals surface area (Å²) in [6, 6.07) is 5.95. The molecule has 20 heavy (non-hydrogen) atoms. The summed E-state index contributed by atoms with van der Waals surface area (Å²) in [6.07, 6.45) is 1.12. The fraction of sp³-hybridized carbons (Fsp3) is 0.429. The molecule has 1 saturated heterocycles. The highest BCUT2D eigenvalue weighted by molar-refractivity contribution is 6.30. The minimum atomic E-state index is -1.07. The molecule has 2 N–H and O–H groups in total. The summed E-state index contributed by atoms with van der Waals surface area (Å²) in [5.74, 6) is -1.44. The van der Waals surface area contributed by atoms with Gasteiger partial charge in [0.15, 0.2) is 0 Å². The maximum atomic E-state index is 11.9. The minimum Gasteiger partial charge on any atom is -0.480 e. The van der Waals surface area contributed by atoms with Gasteiger partial charge in [-0.3, -0.25) is 4.79 Å². The van der Waals surface area contributed by atoms with E-state index in [9.17, 15) is 14.7 Å². The van der Waals surface area contributed by atoms with Crippen molar-refractivity contribution in [3.05, 3.63) is 34.9 Å². The zero-order valence-corrected chi connectivity index (χ0v) is 11.6.